The van der Waals surface area contributed by atoms with E-state index in [2.05, 4.69) is 5.32 Å². The Morgan fingerprint density at radius 3 is 2.37 bits per heavy atom. The lowest BCUT2D eigenvalue weighted by Gasteiger charge is -2.56. The average molecular weight is 385 g/mol. The Morgan fingerprint density at radius 1 is 1.11 bits per heavy atom. The number of carbonyl (C=O) groups is 3. The van der Waals surface area contributed by atoms with Crippen LogP contribution in [0.25, 0.3) is 0 Å². The fraction of sp³-hybridized carbons (Fsp3) is 0.571. The van der Waals surface area contributed by atoms with E-state index in [1.807, 2.05) is 24.3 Å². The van der Waals surface area contributed by atoms with Crippen molar-refractivity contribution in [2.24, 2.45) is 17.8 Å². The van der Waals surface area contributed by atoms with Crippen molar-refractivity contribution in [3.63, 3.8) is 0 Å². The number of carbonyl (C=O) groups excluding carboxylic acids is 3. The smallest absolute Gasteiger partial charge is 0.289 e. The standard InChI is InChI=1S/C21H24N2O3S/c24-18-12-27-20(26)23(18)11-13-2-1-3-17(7-13)19(25)22-21-8-14-4-15(9-21)6-16(5-14)10-21/h1-3,7,14-16H,4-6,8-12H2,(H,22,25). The summed E-state index contributed by atoms with van der Waals surface area (Å²) in [6.45, 7) is 0.239. The molecule has 5 fully saturated rings. The van der Waals surface area contributed by atoms with Crippen molar-refractivity contribution in [1.82, 2.24) is 10.2 Å². The third-order valence-corrected chi connectivity index (χ3v) is 7.65. The highest BCUT2D eigenvalue weighted by Crippen LogP contribution is 2.55. The van der Waals surface area contributed by atoms with E-state index < -0.39 is 0 Å². The fourth-order valence-electron chi connectivity index (χ4n) is 6.10. The Morgan fingerprint density at radius 2 is 1.78 bits per heavy atom. The van der Waals surface area contributed by atoms with Crippen LogP contribution < -0.4 is 5.32 Å². The molecular formula is C21H24N2O3S. The van der Waals surface area contributed by atoms with Crippen molar-refractivity contribution in [2.45, 2.75) is 50.6 Å². The number of nitrogens with zero attached hydrogens (tertiary/aromatic N) is 1. The first-order chi connectivity index (χ1) is 13.0. The van der Waals surface area contributed by atoms with Crippen molar-refractivity contribution >= 4 is 28.8 Å². The van der Waals surface area contributed by atoms with Gasteiger partial charge in [0.15, 0.2) is 0 Å². The molecular weight excluding hydrogens is 360 g/mol. The summed E-state index contributed by atoms with van der Waals surface area (Å²) in [7, 11) is 0. The minimum Gasteiger partial charge on any atom is -0.347 e. The predicted molar refractivity (Wildman–Crippen MR) is 103 cm³/mol. The van der Waals surface area contributed by atoms with Crippen molar-refractivity contribution in [2.75, 3.05) is 5.75 Å². The SMILES string of the molecule is O=C(NC12CC3CC(CC(C3)C1)C2)c1cccc(CN2C(=O)CSC2=O)c1. The zero-order valence-corrected chi connectivity index (χ0v) is 16.1. The molecule has 5 nitrogen and oxygen atoms in total. The second-order valence-electron chi connectivity index (χ2n) is 8.89. The molecule has 1 N–H and O–H groups in total. The summed E-state index contributed by atoms with van der Waals surface area (Å²) in [5.41, 5.74) is 1.42. The Hall–Kier alpha value is -1.82. The summed E-state index contributed by atoms with van der Waals surface area (Å²) < 4.78 is 0. The van der Waals surface area contributed by atoms with Gasteiger partial charge in [0.2, 0.25) is 5.91 Å². The lowest BCUT2D eigenvalue weighted by molar-refractivity contribution is -0.125. The van der Waals surface area contributed by atoms with E-state index >= 15 is 0 Å². The molecule has 6 heteroatoms. The monoisotopic (exact) mass is 384 g/mol. The number of benzene rings is 1. The quantitative estimate of drug-likeness (QED) is 0.862. The molecule has 3 amide bonds. The minimum atomic E-state index is -0.205. The molecule has 4 bridgehead atoms. The highest BCUT2D eigenvalue weighted by atomic mass is 32.2. The maximum Gasteiger partial charge on any atom is 0.289 e. The van der Waals surface area contributed by atoms with Gasteiger partial charge in [-0.05, 0) is 74.0 Å². The minimum absolute atomic E-state index is 0.0145. The van der Waals surface area contributed by atoms with Gasteiger partial charge in [0.05, 0.1) is 12.3 Å². The Kier molecular flexibility index (Phi) is 4.08. The molecule has 1 saturated heterocycles. The zero-order chi connectivity index (χ0) is 18.6. The van der Waals surface area contributed by atoms with Crippen LogP contribution in [-0.2, 0) is 11.3 Å². The molecule has 6 rings (SSSR count). The van der Waals surface area contributed by atoms with Crippen LogP contribution in [0, 0.1) is 17.8 Å². The molecule has 1 aromatic carbocycles. The first-order valence-corrected chi connectivity index (χ1v) is 10.9. The Labute approximate surface area is 163 Å². The average Bonchev–Trinajstić information content (AvgIpc) is 2.92. The molecule has 0 unspecified atom stereocenters. The van der Waals surface area contributed by atoms with Crippen molar-refractivity contribution in [3.05, 3.63) is 35.4 Å². The third-order valence-electron chi connectivity index (χ3n) is 6.79. The number of amides is 3. The van der Waals surface area contributed by atoms with E-state index in [9.17, 15) is 14.4 Å². The Balaban J connectivity index is 1.31. The number of thioether (sulfide) groups is 1. The maximum absolute atomic E-state index is 13.0. The van der Waals surface area contributed by atoms with Crippen LogP contribution in [0.1, 0.15) is 54.4 Å². The number of imide groups is 1. The molecule has 4 aliphatic carbocycles. The molecule has 27 heavy (non-hydrogen) atoms. The molecule has 4 saturated carbocycles. The van der Waals surface area contributed by atoms with E-state index in [1.165, 1.54) is 24.2 Å². The zero-order valence-electron chi connectivity index (χ0n) is 15.3. The second-order valence-corrected chi connectivity index (χ2v) is 9.81. The van der Waals surface area contributed by atoms with Crippen LogP contribution in [0.3, 0.4) is 0 Å². The Bertz CT molecular complexity index is 770. The third kappa shape index (κ3) is 3.18. The van der Waals surface area contributed by atoms with Gasteiger partial charge >= 0.3 is 0 Å². The predicted octanol–water partition coefficient (Wildman–Crippen LogP) is 3.58. The van der Waals surface area contributed by atoms with E-state index in [0.29, 0.717) is 5.56 Å². The molecule has 0 spiro atoms. The van der Waals surface area contributed by atoms with Gasteiger partial charge in [-0.3, -0.25) is 19.3 Å². The van der Waals surface area contributed by atoms with Crippen LogP contribution in [0.2, 0.25) is 0 Å². The highest BCUT2D eigenvalue weighted by molar-refractivity contribution is 8.14. The second kappa shape index (κ2) is 6.36. The van der Waals surface area contributed by atoms with E-state index in [1.54, 1.807) is 0 Å². The summed E-state index contributed by atoms with van der Waals surface area (Å²) >= 11 is 1.04. The van der Waals surface area contributed by atoms with E-state index in [0.717, 1.165) is 54.3 Å². The van der Waals surface area contributed by atoms with Gasteiger partial charge in [0.1, 0.15) is 0 Å². The van der Waals surface area contributed by atoms with Crippen molar-refractivity contribution in [1.29, 1.82) is 0 Å². The summed E-state index contributed by atoms with van der Waals surface area (Å²) in [6.07, 6.45) is 7.41. The molecule has 1 aromatic rings. The topological polar surface area (TPSA) is 66.5 Å². The van der Waals surface area contributed by atoms with Crippen LogP contribution in [0.4, 0.5) is 4.79 Å². The molecule has 1 aliphatic heterocycles. The number of nitrogens with one attached hydrogen (secondary N) is 1. The summed E-state index contributed by atoms with van der Waals surface area (Å²) in [5.74, 6) is 2.39. The summed E-state index contributed by atoms with van der Waals surface area (Å²) in [4.78, 5) is 37.9. The maximum atomic E-state index is 13.0. The molecule has 1 heterocycles. The van der Waals surface area contributed by atoms with Crippen LogP contribution >= 0.6 is 11.8 Å². The number of hydrogen-bond donors (Lipinski definition) is 1. The summed E-state index contributed by atoms with van der Waals surface area (Å²) in [6, 6.07) is 7.34. The first kappa shape index (κ1) is 17.3. The van der Waals surface area contributed by atoms with Crippen molar-refractivity contribution in [3.8, 4) is 0 Å². The van der Waals surface area contributed by atoms with Gasteiger partial charge in [0, 0.05) is 11.1 Å². The molecule has 142 valence electrons. The lowest BCUT2D eigenvalue weighted by atomic mass is 9.53. The highest BCUT2D eigenvalue weighted by Gasteiger charge is 2.51. The number of hydrogen-bond acceptors (Lipinski definition) is 4. The molecule has 5 aliphatic rings. The van der Waals surface area contributed by atoms with Crippen LogP contribution in [-0.4, -0.2) is 33.2 Å². The first-order valence-electron chi connectivity index (χ1n) is 9.88. The largest absolute Gasteiger partial charge is 0.347 e. The normalized spacial score (nSPS) is 34.4. The van der Waals surface area contributed by atoms with Gasteiger partial charge in [-0.1, -0.05) is 23.9 Å². The number of rotatable bonds is 4. The molecule has 0 radical (unpaired) electrons. The van der Waals surface area contributed by atoms with Gasteiger partial charge in [-0.15, -0.1) is 0 Å². The van der Waals surface area contributed by atoms with E-state index in [-0.39, 0.29) is 34.9 Å². The van der Waals surface area contributed by atoms with Gasteiger partial charge in [-0.25, -0.2) is 0 Å². The van der Waals surface area contributed by atoms with Gasteiger partial charge in [0.25, 0.3) is 11.1 Å². The van der Waals surface area contributed by atoms with Crippen molar-refractivity contribution < 1.29 is 14.4 Å². The van der Waals surface area contributed by atoms with Gasteiger partial charge < -0.3 is 5.32 Å². The van der Waals surface area contributed by atoms with Gasteiger partial charge in [-0.2, -0.15) is 0 Å². The molecule has 0 atom stereocenters. The van der Waals surface area contributed by atoms with Crippen LogP contribution in [0.15, 0.2) is 24.3 Å². The van der Waals surface area contributed by atoms with E-state index in [4.69, 9.17) is 0 Å². The summed E-state index contributed by atoms with van der Waals surface area (Å²) in [5, 5.41) is 3.18. The molecule has 0 aromatic heterocycles. The lowest BCUT2D eigenvalue weighted by Crippen LogP contribution is -2.59. The fourth-order valence-corrected chi connectivity index (χ4v) is 6.83. The van der Waals surface area contributed by atoms with Crippen LogP contribution in [0.5, 0.6) is 0 Å².